The molecule has 0 saturated carbocycles. The molecule has 0 amide bonds. The summed E-state index contributed by atoms with van der Waals surface area (Å²) in [7, 11) is 0. The molecule has 1 aliphatic heterocycles. The number of nitrogen functional groups attached to an aromatic ring is 2. The summed E-state index contributed by atoms with van der Waals surface area (Å²) in [6, 6.07) is 10.1. The first-order valence-corrected chi connectivity index (χ1v) is 7.02. The third kappa shape index (κ3) is 3.05. The lowest BCUT2D eigenvalue weighted by molar-refractivity contribution is 0.122. The van der Waals surface area contributed by atoms with E-state index < -0.39 is 0 Å². The van der Waals surface area contributed by atoms with Crippen molar-refractivity contribution in [3.05, 3.63) is 41.7 Å². The number of aromatic nitrogens is 2. The first-order chi connectivity index (χ1) is 10.2. The average Bonchev–Trinajstić information content (AvgIpc) is 2.52. The molecule has 4 N–H and O–H groups in total. The van der Waals surface area contributed by atoms with Crippen molar-refractivity contribution in [3.8, 4) is 0 Å². The van der Waals surface area contributed by atoms with Gasteiger partial charge < -0.3 is 21.1 Å². The van der Waals surface area contributed by atoms with Gasteiger partial charge in [0.05, 0.1) is 13.2 Å². The minimum absolute atomic E-state index is 0.345. The van der Waals surface area contributed by atoms with Gasteiger partial charge in [-0.25, -0.2) is 9.97 Å². The third-order valence-electron chi connectivity index (χ3n) is 3.52. The Morgan fingerprint density at radius 1 is 1.05 bits per heavy atom. The second kappa shape index (κ2) is 5.97. The number of benzene rings is 1. The quantitative estimate of drug-likeness (QED) is 0.876. The van der Waals surface area contributed by atoms with Crippen LogP contribution in [0.4, 0.5) is 17.3 Å². The van der Waals surface area contributed by atoms with Crippen LogP contribution in [0.25, 0.3) is 0 Å². The predicted octanol–water partition coefficient (Wildman–Crippen LogP) is 1.07. The molecule has 1 saturated heterocycles. The van der Waals surface area contributed by atoms with Gasteiger partial charge in [0.1, 0.15) is 11.5 Å². The van der Waals surface area contributed by atoms with Crippen LogP contribution in [0.3, 0.4) is 0 Å². The van der Waals surface area contributed by atoms with Crippen LogP contribution in [0.5, 0.6) is 0 Å². The van der Waals surface area contributed by atoms with E-state index in [1.165, 1.54) is 0 Å². The summed E-state index contributed by atoms with van der Waals surface area (Å²) in [5, 5.41) is 0. The number of nitrogens with two attached hydrogens (primary N) is 2. The van der Waals surface area contributed by atoms with Crippen LogP contribution in [-0.2, 0) is 11.2 Å². The lowest BCUT2D eigenvalue weighted by Gasteiger charge is -2.29. The standard InChI is InChI=1S/C15H19N5O/c16-13-14(17)18-12(10-11-4-2-1-3-5-11)19-15(13)20-6-8-21-9-7-20/h1-5H,6-10,16H2,(H2,17,18,19). The normalized spacial score (nSPS) is 15.1. The van der Waals surface area contributed by atoms with E-state index in [-0.39, 0.29) is 0 Å². The molecule has 6 heteroatoms. The predicted molar refractivity (Wildman–Crippen MR) is 83.1 cm³/mol. The van der Waals surface area contributed by atoms with E-state index in [1.54, 1.807) is 0 Å². The topological polar surface area (TPSA) is 90.3 Å². The molecule has 0 spiro atoms. The van der Waals surface area contributed by atoms with E-state index in [0.29, 0.717) is 37.0 Å². The van der Waals surface area contributed by atoms with Crippen molar-refractivity contribution in [1.82, 2.24) is 9.97 Å². The van der Waals surface area contributed by atoms with Crippen molar-refractivity contribution in [3.63, 3.8) is 0 Å². The zero-order chi connectivity index (χ0) is 14.7. The summed E-state index contributed by atoms with van der Waals surface area (Å²) in [6.45, 7) is 2.89. The number of hydrogen-bond donors (Lipinski definition) is 2. The van der Waals surface area contributed by atoms with Gasteiger partial charge in [-0.15, -0.1) is 0 Å². The number of ether oxygens (including phenoxy) is 1. The zero-order valence-electron chi connectivity index (χ0n) is 11.8. The third-order valence-corrected chi connectivity index (χ3v) is 3.52. The van der Waals surface area contributed by atoms with Crippen LogP contribution in [0.1, 0.15) is 11.4 Å². The Hall–Kier alpha value is -2.34. The number of rotatable bonds is 3. The minimum Gasteiger partial charge on any atom is -0.393 e. The fourth-order valence-electron chi connectivity index (χ4n) is 2.39. The number of hydrogen-bond acceptors (Lipinski definition) is 6. The molecule has 6 nitrogen and oxygen atoms in total. The van der Waals surface area contributed by atoms with E-state index in [9.17, 15) is 0 Å². The lowest BCUT2D eigenvalue weighted by atomic mass is 10.1. The van der Waals surface area contributed by atoms with Gasteiger partial charge in [-0.05, 0) is 5.56 Å². The SMILES string of the molecule is Nc1nc(Cc2ccccc2)nc(N2CCOCC2)c1N. The van der Waals surface area contributed by atoms with Crippen molar-refractivity contribution in [2.24, 2.45) is 0 Å². The summed E-state index contributed by atoms with van der Waals surface area (Å²) < 4.78 is 5.36. The fraction of sp³-hybridized carbons (Fsp3) is 0.333. The maximum Gasteiger partial charge on any atom is 0.157 e. The Balaban J connectivity index is 1.89. The highest BCUT2D eigenvalue weighted by Crippen LogP contribution is 2.26. The first-order valence-electron chi connectivity index (χ1n) is 7.02. The molecular formula is C15H19N5O. The zero-order valence-corrected chi connectivity index (χ0v) is 11.8. The van der Waals surface area contributed by atoms with Crippen molar-refractivity contribution >= 4 is 17.3 Å². The average molecular weight is 285 g/mol. The molecule has 0 unspecified atom stereocenters. The minimum atomic E-state index is 0.345. The van der Waals surface area contributed by atoms with E-state index in [0.717, 1.165) is 24.5 Å². The van der Waals surface area contributed by atoms with Crippen molar-refractivity contribution < 1.29 is 4.74 Å². The molecule has 110 valence electrons. The summed E-state index contributed by atoms with van der Waals surface area (Å²) in [4.78, 5) is 11.0. The summed E-state index contributed by atoms with van der Waals surface area (Å²) in [6.07, 6.45) is 0.642. The molecule has 2 aromatic rings. The molecular weight excluding hydrogens is 266 g/mol. The van der Waals surface area contributed by atoms with Gasteiger partial charge >= 0.3 is 0 Å². The molecule has 0 atom stereocenters. The summed E-state index contributed by atoms with van der Waals surface area (Å²) in [5.74, 6) is 1.75. The van der Waals surface area contributed by atoms with Crippen LogP contribution in [-0.4, -0.2) is 36.3 Å². The molecule has 0 aliphatic carbocycles. The van der Waals surface area contributed by atoms with Crippen LogP contribution in [0, 0.1) is 0 Å². The monoisotopic (exact) mass is 285 g/mol. The largest absolute Gasteiger partial charge is 0.393 e. The maximum absolute atomic E-state index is 6.04. The van der Waals surface area contributed by atoms with Crippen LogP contribution in [0.2, 0.25) is 0 Å². The molecule has 1 aromatic heterocycles. The smallest absolute Gasteiger partial charge is 0.157 e. The van der Waals surface area contributed by atoms with Gasteiger partial charge in [0.15, 0.2) is 11.6 Å². The highest BCUT2D eigenvalue weighted by atomic mass is 16.5. The Morgan fingerprint density at radius 3 is 2.48 bits per heavy atom. The number of nitrogens with zero attached hydrogens (tertiary/aromatic N) is 3. The number of anilines is 3. The molecule has 21 heavy (non-hydrogen) atoms. The molecule has 2 heterocycles. The van der Waals surface area contributed by atoms with Crippen LogP contribution >= 0.6 is 0 Å². The fourth-order valence-corrected chi connectivity index (χ4v) is 2.39. The van der Waals surface area contributed by atoms with Gasteiger partial charge in [0, 0.05) is 19.5 Å². The molecule has 0 radical (unpaired) electrons. The highest BCUT2D eigenvalue weighted by molar-refractivity contribution is 5.73. The Kier molecular flexibility index (Phi) is 3.87. The molecule has 1 aliphatic rings. The van der Waals surface area contributed by atoms with Gasteiger partial charge in [0.25, 0.3) is 0 Å². The second-order valence-electron chi connectivity index (χ2n) is 5.02. The van der Waals surface area contributed by atoms with Crippen molar-refractivity contribution in [2.75, 3.05) is 42.7 Å². The van der Waals surface area contributed by atoms with Crippen molar-refractivity contribution in [1.29, 1.82) is 0 Å². The second-order valence-corrected chi connectivity index (χ2v) is 5.02. The highest BCUT2D eigenvalue weighted by Gasteiger charge is 2.18. The van der Waals surface area contributed by atoms with Gasteiger partial charge in [-0.2, -0.15) is 0 Å². The molecule has 0 bridgehead atoms. The summed E-state index contributed by atoms with van der Waals surface area (Å²) in [5.41, 5.74) is 13.6. The van der Waals surface area contributed by atoms with Gasteiger partial charge in [-0.3, -0.25) is 0 Å². The molecule has 1 aromatic carbocycles. The van der Waals surface area contributed by atoms with E-state index in [4.69, 9.17) is 16.2 Å². The van der Waals surface area contributed by atoms with Crippen LogP contribution < -0.4 is 16.4 Å². The van der Waals surface area contributed by atoms with Crippen molar-refractivity contribution in [2.45, 2.75) is 6.42 Å². The maximum atomic E-state index is 6.04. The Morgan fingerprint density at radius 2 is 1.76 bits per heavy atom. The lowest BCUT2D eigenvalue weighted by Crippen LogP contribution is -2.37. The Labute approximate surface area is 123 Å². The van der Waals surface area contributed by atoms with E-state index >= 15 is 0 Å². The Bertz CT molecular complexity index is 611. The van der Waals surface area contributed by atoms with Gasteiger partial charge in [0.2, 0.25) is 0 Å². The molecule has 3 rings (SSSR count). The molecule has 1 fully saturated rings. The van der Waals surface area contributed by atoms with E-state index in [2.05, 4.69) is 14.9 Å². The first kappa shape index (κ1) is 13.6. The van der Waals surface area contributed by atoms with Crippen LogP contribution in [0.15, 0.2) is 30.3 Å². The van der Waals surface area contributed by atoms with E-state index in [1.807, 2.05) is 30.3 Å². The van der Waals surface area contributed by atoms with Gasteiger partial charge in [-0.1, -0.05) is 30.3 Å². The summed E-state index contributed by atoms with van der Waals surface area (Å²) >= 11 is 0. The number of morpholine rings is 1.